The fraction of sp³-hybridized carbons (Fsp3) is 0.0625. The fourth-order valence-electron chi connectivity index (χ4n) is 2.00. The summed E-state index contributed by atoms with van der Waals surface area (Å²) in [5.41, 5.74) is 4.04. The highest BCUT2D eigenvalue weighted by Gasteiger charge is 2.01. The van der Waals surface area contributed by atoms with Crippen LogP contribution >= 0.6 is 0 Å². The van der Waals surface area contributed by atoms with E-state index in [2.05, 4.69) is 20.5 Å². The van der Waals surface area contributed by atoms with Gasteiger partial charge in [-0.15, -0.1) is 0 Å². The lowest BCUT2D eigenvalue weighted by atomic mass is 10.2. The summed E-state index contributed by atoms with van der Waals surface area (Å²) in [7, 11) is 1.62. The molecule has 0 radical (unpaired) electrons. The molecule has 0 aliphatic heterocycles. The van der Waals surface area contributed by atoms with Crippen molar-refractivity contribution in [1.82, 2.24) is 9.97 Å². The molecule has 0 fully saturated rings. The lowest BCUT2D eigenvalue weighted by Gasteiger charge is -2.02. The standard InChI is InChI=1S/C16H14N4O2/c1-22-12-8-6-11(7-9-12)10-17-20-16-18-14-5-3-2-4-13(14)15(21)19-16/h2-10H,1H3,(H2,18,19,20,21)/b17-10-. The van der Waals surface area contributed by atoms with Crippen LogP contribution in [0.4, 0.5) is 5.95 Å². The van der Waals surface area contributed by atoms with Crippen molar-refractivity contribution < 1.29 is 4.74 Å². The van der Waals surface area contributed by atoms with Crippen LogP contribution < -0.4 is 15.7 Å². The van der Waals surface area contributed by atoms with E-state index in [-0.39, 0.29) is 5.56 Å². The van der Waals surface area contributed by atoms with Crippen molar-refractivity contribution in [3.05, 3.63) is 64.4 Å². The largest absolute Gasteiger partial charge is 0.497 e. The molecule has 0 bridgehead atoms. The quantitative estimate of drug-likeness (QED) is 0.572. The van der Waals surface area contributed by atoms with Gasteiger partial charge in [-0.25, -0.2) is 10.4 Å². The molecule has 0 amide bonds. The Bertz CT molecular complexity index is 869. The lowest BCUT2D eigenvalue weighted by Crippen LogP contribution is -2.10. The van der Waals surface area contributed by atoms with Crippen LogP contribution in [0, 0.1) is 0 Å². The number of benzene rings is 2. The van der Waals surface area contributed by atoms with Crippen molar-refractivity contribution >= 4 is 23.1 Å². The SMILES string of the molecule is COc1ccc(/C=N\Nc2nc3ccccc3c(=O)[nH]2)cc1. The minimum absolute atomic E-state index is 0.201. The highest BCUT2D eigenvalue weighted by atomic mass is 16.5. The van der Waals surface area contributed by atoms with Gasteiger partial charge in [-0.05, 0) is 42.0 Å². The Labute approximate surface area is 126 Å². The van der Waals surface area contributed by atoms with Crippen LogP contribution in [0.25, 0.3) is 10.9 Å². The summed E-state index contributed by atoms with van der Waals surface area (Å²) in [5, 5.41) is 4.62. The third kappa shape index (κ3) is 2.95. The molecule has 1 heterocycles. The highest BCUT2D eigenvalue weighted by molar-refractivity contribution is 5.81. The zero-order chi connectivity index (χ0) is 15.4. The van der Waals surface area contributed by atoms with Gasteiger partial charge in [-0.2, -0.15) is 5.10 Å². The van der Waals surface area contributed by atoms with Gasteiger partial charge in [0.1, 0.15) is 5.75 Å². The number of anilines is 1. The molecule has 0 atom stereocenters. The molecule has 2 N–H and O–H groups in total. The summed E-state index contributed by atoms with van der Waals surface area (Å²) < 4.78 is 5.09. The second-order valence-electron chi connectivity index (χ2n) is 4.57. The van der Waals surface area contributed by atoms with Crippen molar-refractivity contribution in [2.45, 2.75) is 0 Å². The molecule has 22 heavy (non-hydrogen) atoms. The van der Waals surface area contributed by atoms with E-state index in [1.54, 1.807) is 31.5 Å². The number of ether oxygens (including phenoxy) is 1. The molecule has 110 valence electrons. The van der Waals surface area contributed by atoms with E-state index in [4.69, 9.17) is 4.74 Å². The predicted octanol–water partition coefficient (Wildman–Crippen LogP) is 2.38. The first-order valence-corrected chi connectivity index (χ1v) is 6.68. The van der Waals surface area contributed by atoms with Gasteiger partial charge in [-0.3, -0.25) is 9.78 Å². The third-order valence-corrected chi connectivity index (χ3v) is 3.11. The summed E-state index contributed by atoms with van der Waals surface area (Å²) in [4.78, 5) is 18.8. The third-order valence-electron chi connectivity index (χ3n) is 3.11. The number of aromatic amines is 1. The molecule has 3 aromatic rings. The molecule has 0 spiro atoms. The first-order chi connectivity index (χ1) is 10.8. The Morgan fingerprint density at radius 1 is 1.18 bits per heavy atom. The Balaban J connectivity index is 1.78. The maximum Gasteiger partial charge on any atom is 0.260 e. The highest BCUT2D eigenvalue weighted by Crippen LogP contribution is 2.10. The second kappa shape index (κ2) is 6.09. The van der Waals surface area contributed by atoms with Crippen molar-refractivity contribution in [2.75, 3.05) is 12.5 Å². The molecule has 0 aliphatic carbocycles. The summed E-state index contributed by atoms with van der Waals surface area (Å²) in [6, 6.07) is 14.6. The van der Waals surface area contributed by atoms with Crippen LogP contribution in [0.3, 0.4) is 0 Å². The Hall–Kier alpha value is -3.15. The maximum atomic E-state index is 11.9. The summed E-state index contributed by atoms with van der Waals surface area (Å²) in [6.07, 6.45) is 1.63. The Morgan fingerprint density at radius 2 is 1.95 bits per heavy atom. The molecule has 0 saturated heterocycles. The van der Waals surface area contributed by atoms with E-state index in [1.165, 1.54) is 0 Å². The Morgan fingerprint density at radius 3 is 2.73 bits per heavy atom. The van der Waals surface area contributed by atoms with Gasteiger partial charge in [0, 0.05) is 0 Å². The van der Waals surface area contributed by atoms with Crippen LogP contribution in [0.5, 0.6) is 5.75 Å². The van der Waals surface area contributed by atoms with Crippen LogP contribution in [0.2, 0.25) is 0 Å². The molecule has 1 aromatic heterocycles. The van der Waals surface area contributed by atoms with Crippen molar-refractivity contribution in [3.63, 3.8) is 0 Å². The number of methoxy groups -OCH3 is 1. The lowest BCUT2D eigenvalue weighted by molar-refractivity contribution is 0.415. The van der Waals surface area contributed by atoms with Gasteiger partial charge in [0.25, 0.3) is 5.56 Å². The normalized spacial score (nSPS) is 11.0. The predicted molar refractivity (Wildman–Crippen MR) is 86.6 cm³/mol. The topological polar surface area (TPSA) is 79.4 Å². The van der Waals surface area contributed by atoms with Gasteiger partial charge >= 0.3 is 0 Å². The number of fused-ring (bicyclic) bond motifs is 1. The number of aromatic nitrogens is 2. The van der Waals surface area contributed by atoms with Gasteiger partial charge in [0.2, 0.25) is 5.95 Å². The van der Waals surface area contributed by atoms with E-state index in [0.29, 0.717) is 16.9 Å². The number of hydrogen-bond donors (Lipinski definition) is 2. The number of rotatable bonds is 4. The number of hydrazone groups is 1. The zero-order valence-corrected chi connectivity index (χ0v) is 11.9. The first kappa shape index (κ1) is 13.8. The average Bonchev–Trinajstić information content (AvgIpc) is 2.56. The van der Waals surface area contributed by atoms with E-state index in [0.717, 1.165) is 11.3 Å². The van der Waals surface area contributed by atoms with Crippen LogP contribution in [0.1, 0.15) is 5.56 Å². The summed E-state index contributed by atoms with van der Waals surface area (Å²) in [6.45, 7) is 0. The molecule has 0 aliphatic rings. The summed E-state index contributed by atoms with van der Waals surface area (Å²) in [5.74, 6) is 1.08. The van der Waals surface area contributed by atoms with Gasteiger partial charge in [0.05, 0.1) is 24.2 Å². The maximum absolute atomic E-state index is 11.9. The van der Waals surface area contributed by atoms with Gasteiger partial charge in [0.15, 0.2) is 0 Å². The van der Waals surface area contributed by atoms with E-state index in [9.17, 15) is 4.79 Å². The average molecular weight is 294 g/mol. The number of para-hydroxylation sites is 1. The van der Waals surface area contributed by atoms with E-state index < -0.39 is 0 Å². The molecular formula is C16H14N4O2. The van der Waals surface area contributed by atoms with Crippen LogP contribution in [-0.4, -0.2) is 23.3 Å². The molecule has 0 unspecified atom stereocenters. The fourth-order valence-corrected chi connectivity index (χ4v) is 2.00. The van der Waals surface area contributed by atoms with Crippen molar-refractivity contribution in [3.8, 4) is 5.75 Å². The zero-order valence-electron chi connectivity index (χ0n) is 11.9. The van der Waals surface area contributed by atoms with Crippen LogP contribution in [0.15, 0.2) is 58.4 Å². The first-order valence-electron chi connectivity index (χ1n) is 6.68. The minimum atomic E-state index is -0.201. The number of hydrogen-bond acceptors (Lipinski definition) is 5. The molecular weight excluding hydrogens is 280 g/mol. The van der Waals surface area contributed by atoms with E-state index in [1.807, 2.05) is 30.3 Å². The number of nitrogens with zero attached hydrogens (tertiary/aromatic N) is 2. The van der Waals surface area contributed by atoms with Crippen molar-refractivity contribution in [2.24, 2.45) is 5.10 Å². The molecule has 6 heteroatoms. The Kier molecular flexibility index (Phi) is 3.82. The smallest absolute Gasteiger partial charge is 0.260 e. The van der Waals surface area contributed by atoms with Gasteiger partial charge < -0.3 is 4.74 Å². The molecule has 3 rings (SSSR count). The summed E-state index contributed by atoms with van der Waals surface area (Å²) >= 11 is 0. The molecule has 0 saturated carbocycles. The monoisotopic (exact) mass is 294 g/mol. The molecule has 6 nitrogen and oxygen atoms in total. The van der Waals surface area contributed by atoms with Crippen LogP contribution in [-0.2, 0) is 0 Å². The number of H-pyrrole nitrogens is 1. The molecule has 2 aromatic carbocycles. The van der Waals surface area contributed by atoms with E-state index >= 15 is 0 Å². The number of nitrogens with one attached hydrogen (secondary N) is 2. The van der Waals surface area contributed by atoms with Crippen molar-refractivity contribution in [1.29, 1.82) is 0 Å². The minimum Gasteiger partial charge on any atom is -0.497 e. The second-order valence-corrected chi connectivity index (χ2v) is 4.57. The van der Waals surface area contributed by atoms with Gasteiger partial charge in [-0.1, -0.05) is 12.1 Å².